The van der Waals surface area contributed by atoms with Crippen molar-refractivity contribution in [3.63, 3.8) is 0 Å². The molecule has 0 saturated carbocycles. The van der Waals surface area contributed by atoms with E-state index in [2.05, 4.69) is 26.1 Å². The van der Waals surface area contributed by atoms with Gasteiger partial charge in [-0.1, -0.05) is 32.9 Å². The molecule has 27 heavy (non-hydrogen) atoms. The Hall–Kier alpha value is -1.44. The molecule has 1 saturated heterocycles. The van der Waals surface area contributed by atoms with Gasteiger partial charge in [0.05, 0.1) is 4.90 Å². The number of amides is 1. The van der Waals surface area contributed by atoms with Crippen LogP contribution in [0.5, 0.6) is 0 Å². The largest absolute Gasteiger partial charge is 0.340 e. The van der Waals surface area contributed by atoms with Gasteiger partial charge in [0.2, 0.25) is 15.9 Å². The Kier molecular flexibility index (Phi) is 6.71. The number of aryl methyl sites for hydroxylation is 2. The SMILES string of the molecule is CNCCC(=O)N1CCN(S(=O)(=O)c2c(C)cc(C(C)(C)C)cc2C)CC1. The van der Waals surface area contributed by atoms with Crippen molar-refractivity contribution in [2.24, 2.45) is 0 Å². The number of rotatable bonds is 5. The number of hydrogen-bond donors (Lipinski definition) is 1. The highest BCUT2D eigenvalue weighted by atomic mass is 32.2. The van der Waals surface area contributed by atoms with Gasteiger partial charge in [0, 0.05) is 39.1 Å². The number of benzene rings is 1. The Labute approximate surface area is 164 Å². The molecule has 152 valence electrons. The smallest absolute Gasteiger partial charge is 0.243 e. The first-order valence-corrected chi connectivity index (χ1v) is 11.0. The van der Waals surface area contributed by atoms with Crippen molar-refractivity contribution in [3.8, 4) is 0 Å². The molecule has 0 radical (unpaired) electrons. The second-order valence-electron chi connectivity index (χ2n) is 8.33. The number of carbonyl (C=O) groups excluding carboxylic acids is 1. The van der Waals surface area contributed by atoms with Crippen LogP contribution in [0.2, 0.25) is 0 Å². The third-order valence-electron chi connectivity index (χ3n) is 5.10. The van der Waals surface area contributed by atoms with Gasteiger partial charge >= 0.3 is 0 Å². The summed E-state index contributed by atoms with van der Waals surface area (Å²) in [7, 11) is -1.76. The first-order valence-electron chi connectivity index (χ1n) is 9.52. The lowest BCUT2D eigenvalue weighted by Crippen LogP contribution is -2.51. The predicted octanol–water partition coefficient (Wildman–Crippen LogP) is 2.04. The van der Waals surface area contributed by atoms with Crippen LogP contribution in [0.3, 0.4) is 0 Å². The minimum Gasteiger partial charge on any atom is -0.340 e. The van der Waals surface area contributed by atoms with Crippen molar-refractivity contribution >= 4 is 15.9 Å². The summed E-state index contributed by atoms with van der Waals surface area (Å²) >= 11 is 0. The Balaban J connectivity index is 2.20. The van der Waals surface area contributed by atoms with Crippen molar-refractivity contribution in [1.29, 1.82) is 0 Å². The molecule has 0 aliphatic carbocycles. The summed E-state index contributed by atoms with van der Waals surface area (Å²) in [5, 5.41) is 2.97. The molecule has 1 amide bonds. The van der Waals surface area contributed by atoms with E-state index in [1.165, 1.54) is 4.31 Å². The zero-order valence-corrected chi connectivity index (χ0v) is 18.2. The second-order valence-corrected chi connectivity index (χ2v) is 10.2. The average molecular weight is 396 g/mol. The Morgan fingerprint density at radius 3 is 2.04 bits per heavy atom. The van der Waals surface area contributed by atoms with Gasteiger partial charge in [-0.3, -0.25) is 4.79 Å². The van der Waals surface area contributed by atoms with Crippen molar-refractivity contribution in [2.45, 2.75) is 51.3 Å². The molecule has 0 bridgehead atoms. The van der Waals surface area contributed by atoms with Crippen LogP contribution in [-0.2, 0) is 20.2 Å². The summed E-state index contributed by atoms with van der Waals surface area (Å²) in [5.74, 6) is 0.0725. The van der Waals surface area contributed by atoms with E-state index in [0.29, 0.717) is 44.0 Å². The minimum atomic E-state index is -3.57. The number of hydrogen-bond acceptors (Lipinski definition) is 4. The molecule has 1 aliphatic heterocycles. The van der Waals surface area contributed by atoms with Crippen LogP contribution in [-0.4, -0.2) is 63.3 Å². The molecule has 0 spiro atoms. The maximum Gasteiger partial charge on any atom is 0.243 e. The lowest BCUT2D eigenvalue weighted by Gasteiger charge is -2.35. The van der Waals surface area contributed by atoms with Crippen molar-refractivity contribution in [1.82, 2.24) is 14.5 Å². The van der Waals surface area contributed by atoms with Crippen LogP contribution >= 0.6 is 0 Å². The fourth-order valence-electron chi connectivity index (χ4n) is 3.49. The zero-order chi connectivity index (χ0) is 20.4. The summed E-state index contributed by atoms with van der Waals surface area (Å²) in [4.78, 5) is 14.3. The van der Waals surface area contributed by atoms with Gasteiger partial charge in [-0.2, -0.15) is 4.31 Å². The summed E-state index contributed by atoms with van der Waals surface area (Å²) < 4.78 is 28.0. The van der Waals surface area contributed by atoms with Crippen LogP contribution in [0, 0.1) is 13.8 Å². The van der Waals surface area contributed by atoms with E-state index in [4.69, 9.17) is 0 Å². The third-order valence-corrected chi connectivity index (χ3v) is 7.31. The fourth-order valence-corrected chi connectivity index (χ4v) is 5.32. The van der Waals surface area contributed by atoms with Crippen LogP contribution < -0.4 is 5.32 Å². The van der Waals surface area contributed by atoms with Crippen molar-refractivity contribution in [2.75, 3.05) is 39.8 Å². The molecule has 1 aliphatic rings. The quantitative estimate of drug-likeness (QED) is 0.828. The second kappa shape index (κ2) is 8.29. The van der Waals surface area contributed by atoms with Crippen LogP contribution in [0.4, 0.5) is 0 Å². The molecule has 7 heteroatoms. The third kappa shape index (κ3) is 4.89. The summed E-state index contributed by atoms with van der Waals surface area (Å²) in [6.07, 6.45) is 0.440. The number of piperazine rings is 1. The van der Waals surface area contributed by atoms with E-state index >= 15 is 0 Å². The summed E-state index contributed by atoms with van der Waals surface area (Å²) in [6, 6.07) is 3.97. The normalized spacial score (nSPS) is 16.6. The monoisotopic (exact) mass is 395 g/mol. The Morgan fingerprint density at radius 1 is 1.07 bits per heavy atom. The van der Waals surface area contributed by atoms with Crippen molar-refractivity contribution < 1.29 is 13.2 Å². The van der Waals surface area contributed by atoms with E-state index in [-0.39, 0.29) is 11.3 Å². The van der Waals surface area contributed by atoms with Gasteiger partial charge in [0.25, 0.3) is 0 Å². The van der Waals surface area contributed by atoms with E-state index in [0.717, 1.165) is 16.7 Å². The zero-order valence-electron chi connectivity index (χ0n) is 17.4. The maximum absolute atomic E-state index is 13.3. The number of carbonyl (C=O) groups is 1. The van der Waals surface area contributed by atoms with Gasteiger partial charge in [-0.25, -0.2) is 8.42 Å². The van der Waals surface area contributed by atoms with E-state index in [1.54, 1.807) is 4.90 Å². The molecule has 0 aromatic heterocycles. The lowest BCUT2D eigenvalue weighted by atomic mass is 9.85. The lowest BCUT2D eigenvalue weighted by molar-refractivity contribution is -0.132. The molecule has 1 fully saturated rings. The molecular weight excluding hydrogens is 362 g/mol. The van der Waals surface area contributed by atoms with Gasteiger partial charge in [-0.15, -0.1) is 0 Å². The molecule has 1 aromatic carbocycles. The first-order chi connectivity index (χ1) is 12.5. The maximum atomic E-state index is 13.3. The topological polar surface area (TPSA) is 69.7 Å². The van der Waals surface area contributed by atoms with Gasteiger partial charge in [0.15, 0.2) is 0 Å². The molecule has 1 aromatic rings. The summed E-state index contributed by atoms with van der Waals surface area (Å²) in [6.45, 7) is 12.3. The standard InChI is InChI=1S/C20H33N3O3S/c1-15-13-17(20(3,4)5)14-16(2)19(15)27(25,26)23-11-9-22(10-12-23)18(24)7-8-21-6/h13-14,21H,7-12H2,1-6H3. The van der Waals surface area contributed by atoms with Gasteiger partial charge < -0.3 is 10.2 Å². The number of nitrogens with one attached hydrogen (secondary N) is 1. The Bertz CT molecular complexity index is 766. The number of nitrogens with zero attached hydrogens (tertiary/aromatic N) is 2. The predicted molar refractivity (Wildman–Crippen MR) is 108 cm³/mol. The van der Waals surface area contributed by atoms with Gasteiger partial charge in [-0.05, 0) is 43.0 Å². The average Bonchev–Trinajstić information content (AvgIpc) is 2.58. The molecule has 1 heterocycles. The minimum absolute atomic E-state index is 0.0306. The molecule has 0 unspecified atom stereocenters. The highest BCUT2D eigenvalue weighted by Gasteiger charge is 2.32. The Morgan fingerprint density at radius 2 is 1.59 bits per heavy atom. The van der Waals surface area contributed by atoms with E-state index in [1.807, 2.05) is 33.0 Å². The highest BCUT2D eigenvalue weighted by molar-refractivity contribution is 7.89. The van der Waals surface area contributed by atoms with Crippen LogP contribution in [0.1, 0.15) is 43.9 Å². The van der Waals surface area contributed by atoms with Crippen LogP contribution in [0.15, 0.2) is 17.0 Å². The first kappa shape index (κ1) is 21.9. The molecule has 6 nitrogen and oxygen atoms in total. The highest BCUT2D eigenvalue weighted by Crippen LogP contribution is 2.31. The number of sulfonamides is 1. The molecule has 2 rings (SSSR count). The molecule has 1 N–H and O–H groups in total. The fraction of sp³-hybridized carbons (Fsp3) is 0.650. The summed E-state index contributed by atoms with van der Waals surface area (Å²) in [5.41, 5.74) is 2.67. The van der Waals surface area contributed by atoms with Crippen LogP contribution in [0.25, 0.3) is 0 Å². The van der Waals surface area contributed by atoms with Gasteiger partial charge in [0.1, 0.15) is 0 Å². The van der Waals surface area contributed by atoms with E-state index < -0.39 is 10.0 Å². The molecular formula is C20H33N3O3S. The molecule has 0 atom stereocenters. The van der Waals surface area contributed by atoms with Crippen molar-refractivity contribution in [3.05, 3.63) is 28.8 Å². The van der Waals surface area contributed by atoms with E-state index in [9.17, 15) is 13.2 Å².